The van der Waals surface area contributed by atoms with E-state index in [1.54, 1.807) is 28.6 Å². The number of nitrogens with one attached hydrogen (secondary N) is 1. The van der Waals surface area contributed by atoms with Crippen molar-refractivity contribution in [1.82, 2.24) is 20.0 Å². The molecule has 0 radical (unpaired) electrons. The van der Waals surface area contributed by atoms with Crippen molar-refractivity contribution in [3.63, 3.8) is 0 Å². The molecule has 1 aromatic carbocycles. The van der Waals surface area contributed by atoms with Crippen LogP contribution in [0.5, 0.6) is 0 Å². The Morgan fingerprint density at radius 1 is 1.17 bits per heavy atom. The molecular weight excluding hydrogens is 404 g/mol. The lowest BCUT2D eigenvalue weighted by Crippen LogP contribution is -2.46. The maximum absolute atomic E-state index is 12.9. The van der Waals surface area contributed by atoms with Gasteiger partial charge in [-0.3, -0.25) is 9.59 Å². The zero-order valence-electron chi connectivity index (χ0n) is 16.7. The van der Waals surface area contributed by atoms with Crippen molar-refractivity contribution in [2.75, 3.05) is 13.1 Å². The van der Waals surface area contributed by atoms with Gasteiger partial charge in [0.05, 0.1) is 24.1 Å². The number of aromatic nitrogens is 2. The second kappa shape index (κ2) is 8.75. The number of likely N-dealkylation sites (tertiary alicyclic amines) is 1. The first-order chi connectivity index (χ1) is 14.5. The highest BCUT2D eigenvalue weighted by Crippen LogP contribution is 2.22. The molecule has 4 rings (SSSR count). The number of piperidine rings is 1. The van der Waals surface area contributed by atoms with E-state index in [0.717, 1.165) is 5.56 Å². The third-order valence-corrected chi connectivity index (χ3v) is 5.70. The van der Waals surface area contributed by atoms with E-state index in [4.69, 9.17) is 16.0 Å². The lowest BCUT2D eigenvalue weighted by atomic mass is 10.0. The van der Waals surface area contributed by atoms with Gasteiger partial charge in [-0.1, -0.05) is 41.9 Å². The van der Waals surface area contributed by atoms with Crippen LogP contribution in [0.2, 0.25) is 5.15 Å². The number of rotatable bonds is 5. The largest absolute Gasteiger partial charge is 0.459 e. The third kappa shape index (κ3) is 4.26. The zero-order valence-corrected chi connectivity index (χ0v) is 17.4. The minimum atomic E-state index is -0.229. The molecule has 0 aliphatic carbocycles. The van der Waals surface area contributed by atoms with Crippen LogP contribution in [0.3, 0.4) is 0 Å². The van der Waals surface area contributed by atoms with Crippen molar-refractivity contribution in [1.29, 1.82) is 0 Å². The summed E-state index contributed by atoms with van der Waals surface area (Å²) in [5, 5.41) is 7.83. The van der Waals surface area contributed by atoms with Crippen LogP contribution < -0.4 is 5.32 Å². The molecule has 0 spiro atoms. The Labute approximate surface area is 179 Å². The van der Waals surface area contributed by atoms with Crippen molar-refractivity contribution in [2.24, 2.45) is 0 Å². The Hall–Kier alpha value is -3.06. The van der Waals surface area contributed by atoms with Crippen LogP contribution in [0.1, 0.15) is 45.0 Å². The molecule has 8 heteroatoms. The van der Waals surface area contributed by atoms with Crippen LogP contribution in [-0.2, 0) is 6.54 Å². The molecule has 2 amide bonds. The number of aryl methyl sites for hydroxylation is 1. The van der Waals surface area contributed by atoms with Crippen LogP contribution in [0.4, 0.5) is 0 Å². The van der Waals surface area contributed by atoms with Gasteiger partial charge in [-0.15, -0.1) is 0 Å². The molecule has 156 valence electrons. The van der Waals surface area contributed by atoms with E-state index >= 15 is 0 Å². The molecule has 1 aliphatic rings. The van der Waals surface area contributed by atoms with Gasteiger partial charge < -0.3 is 14.6 Å². The minimum absolute atomic E-state index is 0.0221. The van der Waals surface area contributed by atoms with Crippen LogP contribution >= 0.6 is 11.6 Å². The van der Waals surface area contributed by atoms with E-state index in [2.05, 4.69) is 10.4 Å². The molecule has 3 heterocycles. The molecule has 0 saturated carbocycles. The first-order valence-corrected chi connectivity index (χ1v) is 10.3. The molecular formula is C22H23ClN4O3. The summed E-state index contributed by atoms with van der Waals surface area (Å²) in [6, 6.07) is 13.2. The third-order valence-electron chi connectivity index (χ3n) is 5.32. The number of nitrogens with zero attached hydrogens (tertiary/aromatic N) is 3. The lowest BCUT2D eigenvalue weighted by Gasteiger charge is -2.31. The topological polar surface area (TPSA) is 80.4 Å². The fraction of sp³-hybridized carbons (Fsp3) is 0.318. The van der Waals surface area contributed by atoms with E-state index in [-0.39, 0.29) is 17.9 Å². The lowest BCUT2D eigenvalue weighted by molar-refractivity contribution is 0.0667. The predicted molar refractivity (Wildman–Crippen MR) is 113 cm³/mol. The van der Waals surface area contributed by atoms with E-state index in [1.807, 2.05) is 30.3 Å². The van der Waals surface area contributed by atoms with E-state index < -0.39 is 0 Å². The molecule has 0 unspecified atom stereocenters. The first-order valence-electron chi connectivity index (χ1n) is 9.93. The van der Waals surface area contributed by atoms with Gasteiger partial charge in [0.1, 0.15) is 5.15 Å². The minimum Gasteiger partial charge on any atom is -0.459 e. The molecule has 1 aliphatic heterocycles. The molecule has 7 nitrogen and oxygen atoms in total. The van der Waals surface area contributed by atoms with Gasteiger partial charge in [0.25, 0.3) is 11.8 Å². The molecule has 1 fully saturated rings. The van der Waals surface area contributed by atoms with Crippen molar-refractivity contribution in [3.05, 3.63) is 76.5 Å². The normalized spacial score (nSPS) is 14.7. The SMILES string of the molecule is Cc1nn(Cc2ccccc2)c(Cl)c1C(=O)NC1CCN(C(=O)c2ccco2)CC1. The van der Waals surface area contributed by atoms with Gasteiger partial charge in [0, 0.05) is 19.1 Å². The molecule has 30 heavy (non-hydrogen) atoms. The van der Waals surface area contributed by atoms with Gasteiger partial charge >= 0.3 is 0 Å². The number of hydrogen-bond acceptors (Lipinski definition) is 4. The van der Waals surface area contributed by atoms with Gasteiger partial charge in [-0.2, -0.15) is 5.10 Å². The van der Waals surface area contributed by atoms with Crippen molar-refractivity contribution in [2.45, 2.75) is 32.4 Å². The van der Waals surface area contributed by atoms with Crippen LogP contribution in [-0.4, -0.2) is 45.6 Å². The van der Waals surface area contributed by atoms with Crippen molar-refractivity contribution in [3.8, 4) is 0 Å². The second-order valence-electron chi connectivity index (χ2n) is 7.41. The number of carbonyl (C=O) groups excluding carboxylic acids is 2. The van der Waals surface area contributed by atoms with E-state index in [1.165, 1.54) is 6.26 Å². The summed E-state index contributed by atoms with van der Waals surface area (Å²) in [5.74, 6) is -0.0100. The smallest absolute Gasteiger partial charge is 0.289 e. The van der Waals surface area contributed by atoms with Gasteiger partial charge in [-0.25, -0.2) is 4.68 Å². The second-order valence-corrected chi connectivity index (χ2v) is 7.77. The number of amides is 2. The highest BCUT2D eigenvalue weighted by Gasteiger charge is 2.28. The Morgan fingerprint density at radius 2 is 1.90 bits per heavy atom. The molecule has 1 saturated heterocycles. The standard InChI is InChI=1S/C22H23ClN4O3/c1-15-19(20(23)27(25-15)14-16-6-3-2-4-7-16)21(28)24-17-9-11-26(12-10-17)22(29)18-8-5-13-30-18/h2-8,13,17H,9-12,14H2,1H3,(H,24,28). The van der Waals surface area contributed by atoms with Gasteiger partial charge in [0.15, 0.2) is 5.76 Å². The average molecular weight is 427 g/mol. The number of furan rings is 1. The van der Waals surface area contributed by atoms with Crippen LogP contribution in [0.15, 0.2) is 53.1 Å². The predicted octanol–water partition coefficient (Wildman–Crippen LogP) is 3.52. The summed E-state index contributed by atoms with van der Waals surface area (Å²) in [6.45, 7) is 3.41. The molecule has 0 atom stereocenters. The summed E-state index contributed by atoms with van der Waals surface area (Å²) in [6.07, 6.45) is 2.84. The van der Waals surface area contributed by atoms with Crippen molar-refractivity contribution >= 4 is 23.4 Å². The molecule has 1 N–H and O–H groups in total. The fourth-order valence-corrected chi connectivity index (χ4v) is 4.03. The van der Waals surface area contributed by atoms with Gasteiger partial charge in [-0.05, 0) is 37.5 Å². The number of benzene rings is 1. The maximum Gasteiger partial charge on any atom is 0.289 e. The summed E-state index contributed by atoms with van der Waals surface area (Å²) in [7, 11) is 0. The fourth-order valence-electron chi connectivity index (χ4n) is 3.71. The van der Waals surface area contributed by atoms with Crippen LogP contribution in [0.25, 0.3) is 0 Å². The number of halogens is 1. The monoisotopic (exact) mass is 426 g/mol. The Kier molecular flexibility index (Phi) is 5.90. The maximum atomic E-state index is 12.9. The van der Waals surface area contributed by atoms with Gasteiger partial charge in [0.2, 0.25) is 0 Å². The number of carbonyl (C=O) groups is 2. The van der Waals surface area contributed by atoms with Crippen molar-refractivity contribution < 1.29 is 14.0 Å². The quantitative estimate of drug-likeness (QED) is 0.676. The Bertz CT molecular complexity index is 1020. The van der Waals surface area contributed by atoms with E-state index in [9.17, 15) is 9.59 Å². The first kappa shape index (κ1) is 20.2. The molecule has 2 aromatic heterocycles. The summed E-state index contributed by atoms with van der Waals surface area (Å²) in [4.78, 5) is 27.0. The summed E-state index contributed by atoms with van der Waals surface area (Å²) < 4.78 is 6.83. The molecule has 3 aromatic rings. The number of hydrogen-bond donors (Lipinski definition) is 1. The summed E-state index contributed by atoms with van der Waals surface area (Å²) >= 11 is 6.49. The Morgan fingerprint density at radius 3 is 2.57 bits per heavy atom. The van der Waals surface area contributed by atoms with Crippen LogP contribution in [0, 0.1) is 6.92 Å². The highest BCUT2D eigenvalue weighted by atomic mass is 35.5. The molecule has 0 bridgehead atoms. The Balaban J connectivity index is 1.37. The zero-order chi connectivity index (χ0) is 21.1. The highest BCUT2D eigenvalue weighted by molar-refractivity contribution is 6.33. The van der Waals surface area contributed by atoms with E-state index in [0.29, 0.717) is 54.6 Å². The average Bonchev–Trinajstić information content (AvgIpc) is 3.37. The summed E-state index contributed by atoms with van der Waals surface area (Å²) in [5.41, 5.74) is 2.06.